The molecule has 0 saturated carbocycles. The summed E-state index contributed by atoms with van der Waals surface area (Å²) in [6, 6.07) is 16.4. The average molecular weight is 395 g/mol. The lowest BCUT2D eigenvalue weighted by atomic mass is 10.1. The predicted octanol–water partition coefficient (Wildman–Crippen LogP) is 4.82. The van der Waals surface area contributed by atoms with Gasteiger partial charge in [-0.15, -0.1) is 11.3 Å². The van der Waals surface area contributed by atoms with E-state index in [9.17, 15) is 0 Å². The molecule has 3 heterocycles. The molecule has 1 fully saturated rings. The molecule has 4 nitrogen and oxygen atoms in total. The Morgan fingerprint density at radius 2 is 1.81 bits per heavy atom. The van der Waals surface area contributed by atoms with Gasteiger partial charge in [-0.05, 0) is 36.4 Å². The first kappa shape index (κ1) is 16.9. The van der Waals surface area contributed by atoms with Gasteiger partial charge < -0.3 is 4.90 Å². The Kier molecular flexibility index (Phi) is 4.44. The van der Waals surface area contributed by atoms with Crippen LogP contribution in [0.25, 0.3) is 21.1 Å². The normalized spacial score (nSPS) is 15.7. The first-order valence-electron chi connectivity index (χ1n) is 9.12. The number of anilines is 1. The molecule has 0 aliphatic carbocycles. The number of pyridine rings is 1. The van der Waals surface area contributed by atoms with E-state index in [2.05, 4.69) is 51.2 Å². The second kappa shape index (κ2) is 7.08. The Balaban J connectivity index is 1.30. The maximum Gasteiger partial charge on any atom is 0.108 e. The van der Waals surface area contributed by atoms with Gasteiger partial charge in [-0.1, -0.05) is 23.7 Å². The lowest BCUT2D eigenvalue weighted by Crippen LogP contribution is -2.46. The van der Waals surface area contributed by atoms with Crippen molar-refractivity contribution in [3.05, 3.63) is 64.8 Å². The summed E-state index contributed by atoms with van der Waals surface area (Å²) in [5.41, 5.74) is 3.31. The van der Waals surface area contributed by atoms with Gasteiger partial charge >= 0.3 is 0 Å². The van der Waals surface area contributed by atoms with E-state index in [1.54, 1.807) is 11.3 Å². The van der Waals surface area contributed by atoms with Crippen LogP contribution in [0.15, 0.2) is 54.7 Å². The molecule has 0 spiro atoms. The van der Waals surface area contributed by atoms with Crippen LogP contribution in [0, 0.1) is 0 Å². The van der Waals surface area contributed by atoms with Gasteiger partial charge in [0.25, 0.3) is 0 Å². The van der Waals surface area contributed by atoms with Crippen molar-refractivity contribution in [1.29, 1.82) is 0 Å². The lowest BCUT2D eigenvalue weighted by molar-refractivity contribution is 0.250. The van der Waals surface area contributed by atoms with Gasteiger partial charge in [-0.25, -0.2) is 4.98 Å². The Labute approximate surface area is 167 Å². The third kappa shape index (κ3) is 3.38. The van der Waals surface area contributed by atoms with Crippen molar-refractivity contribution in [2.45, 2.75) is 6.54 Å². The summed E-state index contributed by atoms with van der Waals surface area (Å²) in [5, 5.41) is 3.10. The Morgan fingerprint density at radius 3 is 2.67 bits per heavy atom. The number of para-hydroxylation sites is 1. The monoisotopic (exact) mass is 394 g/mol. The number of thiazole rings is 1. The maximum atomic E-state index is 6.12. The van der Waals surface area contributed by atoms with Crippen molar-refractivity contribution in [2.24, 2.45) is 0 Å². The highest BCUT2D eigenvalue weighted by atomic mass is 35.5. The molecule has 1 saturated heterocycles. The average Bonchev–Trinajstić information content (AvgIpc) is 3.10. The third-order valence-corrected chi connectivity index (χ3v) is 6.35. The molecule has 1 aliphatic heterocycles. The molecule has 2 aromatic heterocycles. The van der Waals surface area contributed by atoms with E-state index in [0.29, 0.717) is 0 Å². The fourth-order valence-electron chi connectivity index (χ4n) is 3.71. The van der Waals surface area contributed by atoms with E-state index in [0.717, 1.165) is 48.8 Å². The molecule has 0 N–H and O–H groups in total. The summed E-state index contributed by atoms with van der Waals surface area (Å²) >= 11 is 7.92. The highest BCUT2D eigenvalue weighted by Gasteiger charge is 2.20. The molecule has 6 heteroatoms. The number of hydrogen-bond acceptors (Lipinski definition) is 5. The number of benzene rings is 2. The molecule has 0 amide bonds. The second-order valence-corrected chi connectivity index (χ2v) is 8.38. The first-order chi connectivity index (χ1) is 13.3. The highest BCUT2D eigenvalue weighted by molar-refractivity contribution is 7.18. The molecule has 0 unspecified atom stereocenters. The van der Waals surface area contributed by atoms with Gasteiger partial charge in [-0.2, -0.15) is 0 Å². The quantitative estimate of drug-likeness (QED) is 0.498. The smallest absolute Gasteiger partial charge is 0.108 e. The zero-order valence-corrected chi connectivity index (χ0v) is 16.4. The van der Waals surface area contributed by atoms with Crippen LogP contribution in [0.4, 0.5) is 5.69 Å². The molecule has 5 rings (SSSR count). The summed E-state index contributed by atoms with van der Waals surface area (Å²) in [5.74, 6) is 0. The summed E-state index contributed by atoms with van der Waals surface area (Å²) in [4.78, 5) is 14.2. The fourth-order valence-corrected chi connectivity index (χ4v) is 4.88. The highest BCUT2D eigenvalue weighted by Crippen LogP contribution is 2.29. The minimum atomic E-state index is 0.729. The molecular formula is C21H19ClN4S. The van der Waals surface area contributed by atoms with E-state index < -0.39 is 0 Å². The van der Waals surface area contributed by atoms with Crippen LogP contribution < -0.4 is 4.90 Å². The number of nitrogens with zero attached hydrogens (tertiary/aromatic N) is 4. The van der Waals surface area contributed by atoms with Crippen LogP contribution in [0.2, 0.25) is 5.02 Å². The zero-order valence-electron chi connectivity index (χ0n) is 14.8. The van der Waals surface area contributed by atoms with Crippen molar-refractivity contribution in [2.75, 3.05) is 31.1 Å². The van der Waals surface area contributed by atoms with E-state index in [-0.39, 0.29) is 0 Å². The zero-order chi connectivity index (χ0) is 18.2. The summed E-state index contributed by atoms with van der Waals surface area (Å²) in [6.07, 6.45) is 1.88. The molecule has 0 radical (unpaired) electrons. The fraction of sp³-hybridized carbons (Fsp3) is 0.238. The number of fused-ring (bicyclic) bond motifs is 2. The van der Waals surface area contributed by atoms with Crippen LogP contribution in [0.5, 0.6) is 0 Å². The van der Waals surface area contributed by atoms with Crippen molar-refractivity contribution >= 4 is 49.7 Å². The van der Waals surface area contributed by atoms with Crippen LogP contribution in [0.1, 0.15) is 5.01 Å². The van der Waals surface area contributed by atoms with E-state index in [1.807, 2.05) is 18.3 Å². The third-order valence-electron chi connectivity index (χ3n) is 5.09. The summed E-state index contributed by atoms with van der Waals surface area (Å²) in [7, 11) is 0. The van der Waals surface area contributed by atoms with Crippen molar-refractivity contribution in [3.63, 3.8) is 0 Å². The van der Waals surface area contributed by atoms with Crippen LogP contribution in [0.3, 0.4) is 0 Å². The number of rotatable bonds is 3. The first-order valence-corrected chi connectivity index (χ1v) is 10.3. The van der Waals surface area contributed by atoms with E-state index in [4.69, 9.17) is 16.6 Å². The van der Waals surface area contributed by atoms with Crippen LogP contribution in [-0.4, -0.2) is 41.0 Å². The maximum absolute atomic E-state index is 6.12. The summed E-state index contributed by atoms with van der Waals surface area (Å²) in [6.45, 7) is 5.01. The molecule has 136 valence electrons. The second-order valence-electron chi connectivity index (χ2n) is 6.83. The van der Waals surface area contributed by atoms with Gasteiger partial charge in [0.1, 0.15) is 5.01 Å². The van der Waals surface area contributed by atoms with Gasteiger partial charge in [0, 0.05) is 48.5 Å². The lowest BCUT2D eigenvalue weighted by Gasteiger charge is -2.36. The number of aromatic nitrogens is 2. The largest absolute Gasteiger partial charge is 0.368 e. The SMILES string of the molecule is Clc1ccc2c(N3CCN(Cc4nc5ccccc5s4)CC3)ccnc2c1. The molecule has 0 bridgehead atoms. The van der Waals surface area contributed by atoms with Crippen LogP contribution >= 0.6 is 22.9 Å². The molecule has 0 atom stereocenters. The molecular weight excluding hydrogens is 376 g/mol. The molecule has 27 heavy (non-hydrogen) atoms. The van der Waals surface area contributed by atoms with Gasteiger partial charge in [-0.3, -0.25) is 9.88 Å². The van der Waals surface area contributed by atoms with Gasteiger partial charge in [0.2, 0.25) is 0 Å². The van der Waals surface area contributed by atoms with Gasteiger partial charge in [0.15, 0.2) is 0 Å². The van der Waals surface area contributed by atoms with Crippen molar-refractivity contribution in [3.8, 4) is 0 Å². The molecule has 2 aromatic carbocycles. The minimum Gasteiger partial charge on any atom is -0.368 e. The van der Waals surface area contributed by atoms with Crippen LogP contribution in [-0.2, 0) is 6.54 Å². The molecule has 4 aromatic rings. The number of piperazine rings is 1. The van der Waals surface area contributed by atoms with E-state index >= 15 is 0 Å². The topological polar surface area (TPSA) is 32.3 Å². The number of hydrogen-bond donors (Lipinski definition) is 0. The number of halogens is 1. The Bertz CT molecular complexity index is 1070. The van der Waals surface area contributed by atoms with E-state index in [1.165, 1.54) is 20.8 Å². The minimum absolute atomic E-state index is 0.729. The standard InChI is InChI=1S/C21H19ClN4S/c22-15-5-6-16-18(13-15)23-8-7-19(16)26-11-9-25(10-12-26)14-21-24-17-3-1-2-4-20(17)27-21/h1-8,13H,9-12,14H2. The predicted molar refractivity (Wildman–Crippen MR) is 114 cm³/mol. The van der Waals surface area contributed by atoms with Crippen molar-refractivity contribution < 1.29 is 0 Å². The Morgan fingerprint density at radius 1 is 0.963 bits per heavy atom. The summed E-state index contributed by atoms with van der Waals surface area (Å²) < 4.78 is 1.27. The van der Waals surface area contributed by atoms with Gasteiger partial charge in [0.05, 0.1) is 22.3 Å². The van der Waals surface area contributed by atoms with Crippen molar-refractivity contribution in [1.82, 2.24) is 14.9 Å². The molecule has 1 aliphatic rings. The Hall–Kier alpha value is -2.21.